The maximum Gasteiger partial charge on any atom is 0.271 e. The van der Waals surface area contributed by atoms with Gasteiger partial charge in [-0.2, -0.15) is 0 Å². The zero-order chi connectivity index (χ0) is 19.1. The highest BCUT2D eigenvalue weighted by molar-refractivity contribution is 5.93. The van der Waals surface area contributed by atoms with Gasteiger partial charge in [-0.3, -0.25) is 14.9 Å². The predicted molar refractivity (Wildman–Crippen MR) is 98.9 cm³/mol. The molecule has 7 heteroatoms. The molecule has 0 fully saturated rings. The summed E-state index contributed by atoms with van der Waals surface area (Å²) in [5.74, 6) is 0.876. The third-order valence-electron chi connectivity index (χ3n) is 4.09. The van der Waals surface area contributed by atoms with Crippen LogP contribution in [0.5, 0.6) is 11.5 Å². The normalized spacial score (nSPS) is 11.5. The van der Waals surface area contributed by atoms with Crippen molar-refractivity contribution < 1.29 is 19.2 Å². The number of nitrogens with one attached hydrogen (secondary N) is 1. The van der Waals surface area contributed by atoms with Gasteiger partial charge in [-0.25, -0.2) is 0 Å². The fourth-order valence-corrected chi connectivity index (χ4v) is 2.48. The van der Waals surface area contributed by atoms with Crippen LogP contribution in [-0.4, -0.2) is 24.5 Å². The number of benzene rings is 2. The molecular formula is C19H22N2O5. The smallest absolute Gasteiger partial charge is 0.271 e. The van der Waals surface area contributed by atoms with Crippen molar-refractivity contribution in [2.45, 2.75) is 26.2 Å². The molecule has 1 N–H and O–H groups in total. The number of amides is 1. The van der Waals surface area contributed by atoms with Gasteiger partial charge in [0.25, 0.3) is 11.6 Å². The van der Waals surface area contributed by atoms with E-state index in [1.807, 2.05) is 24.3 Å². The molecule has 0 bridgehead atoms. The Balaban J connectivity index is 2.08. The van der Waals surface area contributed by atoms with Crippen molar-refractivity contribution in [2.24, 2.45) is 0 Å². The molecule has 7 nitrogen and oxygen atoms in total. The summed E-state index contributed by atoms with van der Waals surface area (Å²) in [6, 6.07) is 11.6. The molecule has 2 rings (SSSR count). The second-order valence-corrected chi connectivity index (χ2v) is 5.83. The lowest BCUT2D eigenvalue weighted by molar-refractivity contribution is -0.384. The number of non-ortho nitro benzene ring substituents is 1. The van der Waals surface area contributed by atoms with Crippen molar-refractivity contribution in [3.05, 3.63) is 58.1 Å². The predicted octanol–water partition coefficient (Wildman–Crippen LogP) is 4.13. The van der Waals surface area contributed by atoms with E-state index in [2.05, 4.69) is 19.2 Å². The summed E-state index contributed by atoms with van der Waals surface area (Å²) >= 11 is 0. The van der Waals surface area contributed by atoms with E-state index in [1.165, 1.54) is 25.3 Å². The Kier molecular flexibility index (Phi) is 6.54. The van der Waals surface area contributed by atoms with E-state index in [0.29, 0.717) is 17.4 Å². The van der Waals surface area contributed by atoms with Crippen molar-refractivity contribution in [3.63, 3.8) is 0 Å². The molecule has 0 aliphatic rings. The Morgan fingerprint density at radius 1 is 1.23 bits per heavy atom. The molecule has 0 unspecified atom stereocenters. The second-order valence-electron chi connectivity index (χ2n) is 5.83. The van der Waals surface area contributed by atoms with E-state index in [0.717, 1.165) is 12.0 Å². The lowest BCUT2D eigenvalue weighted by atomic mass is 9.98. The van der Waals surface area contributed by atoms with Crippen LogP contribution in [0.25, 0.3) is 0 Å². The average Bonchev–Trinajstić information content (AvgIpc) is 2.65. The second kappa shape index (κ2) is 8.84. The van der Waals surface area contributed by atoms with E-state index in [1.54, 1.807) is 0 Å². The number of carbonyl (C=O) groups excluding carboxylic acids is 1. The summed E-state index contributed by atoms with van der Waals surface area (Å²) in [5.41, 5.74) is 1.13. The van der Waals surface area contributed by atoms with Gasteiger partial charge in [0.15, 0.2) is 6.61 Å². The Hall–Kier alpha value is -3.09. The third-order valence-corrected chi connectivity index (χ3v) is 4.09. The van der Waals surface area contributed by atoms with E-state index < -0.39 is 10.8 Å². The van der Waals surface area contributed by atoms with Gasteiger partial charge in [0.1, 0.15) is 11.5 Å². The molecule has 0 heterocycles. The molecule has 138 valence electrons. The van der Waals surface area contributed by atoms with Crippen molar-refractivity contribution in [3.8, 4) is 11.5 Å². The monoisotopic (exact) mass is 358 g/mol. The molecule has 0 aromatic heterocycles. The number of anilines is 1. The van der Waals surface area contributed by atoms with Crippen LogP contribution in [0.15, 0.2) is 42.5 Å². The van der Waals surface area contributed by atoms with Gasteiger partial charge in [-0.15, -0.1) is 0 Å². The van der Waals surface area contributed by atoms with Crippen LogP contribution in [0.4, 0.5) is 11.4 Å². The first-order valence-corrected chi connectivity index (χ1v) is 8.30. The Labute approximate surface area is 152 Å². The fourth-order valence-electron chi connectivity index (χ4n) is 2.48. The molecule has 26 heavy (non-hydrogen) atoms. The summed E-state index contributed by atoms with van der Waals surface area (Å²) in [6.07, 6.45) is 0.956. The van der Waals surface area contributed by atoms with Crippen molar-refractivity contribution >= 4 is 17.3 Å². The molecule has 0 saturated heterocycles. The quantitative estimate of drug-likeness (QED) is 0.566. The first-order valence-electron chi connectivity index (χ1n) is 8.30. The molecule has 0 saturated carbocycles. The maximum atomic E-state index is 12.2. The molecular weight excluding hydrogens is 336 g/mol. The average molecular weight is 358 g/mol. The highest BCUT2D eigenvalue weighted by Gasteiger charge is 2.15. The number of nitro benzene ring substituents is 1. The Bertz CT molecular complexity index is 791. The lowest BCUT2D eigenvalue weighted by Crippen LogP contribution is -2.21. The molecule has 2 aromatic carbocycles. The summed E-state index contributed by atoms with van der Waals surface area (Å²) in [6.45, 7) is 3.97. The molecule has 0 spiro atoms. The Morgan fingerprint density at radius 2 is 1.96 bits per heavy atom. The number of nitro groups is 1. The standard InChI is InChI=1S/C19H22N2O5/c1-4-13(2)15-7-5-6-8-17(15)26-12-19(22)20-16-11-14(21(23)24)9-10-18(16)25-3/h5-11,13H,4,12H2,1-3H3,(H,20,22)/t13-/m1/s1. The number of ether oxygens (including phenoxy) is 2. The minimum absolute atomic E-state index is 0.135. The lowest BCUT2D eigenvalue weighted by Gasteiger charge is -2.16. The van der Waals surface area contributed by atoms with E-state index in [9.17, 15) is 14.9 Å². The van der Waals surface area contributed by atoms with Crippen LogP contribution in [0.2, 0.25) is 0 Å². The van der Waals surface area contributed by atoms with Crippen LogP contribution >= 0.6 is 0 Å². The number of nitrogens with zero attached hydrogens (tertiary/aromatic N) is 1. The van der Waals surface area contributed by atoms with Gasteiger partial charge in [-0.1, -0.05) is 32.0 Å². The van der Waals surface area contributed by atoms with Gasteiger partial charge in [0.2, 0.25) is 0 Å². The number of carbonyl (C=O) groups is 1. The van der Waals surface area contributed by atoms with Crippen molar-refractivity contribution in [1.82, 2.24) is 0 Å². The van der Waals surface area contributed by atoms with Crippen molar-refractivity contribution in [1.29, 1.82) is 0 Å². The van der Waals surface area contributed by atoms with Gasteiger partial charge in [0.05, 0.1) is 17.7 Å². The number of hydrogen-bond acceptors (Lipinski definition) is 5. The van der Waals surface area contributed by atoms with E-state index in [4.69, 9.17) is 9.47 Å². The van der Waals surface area contributed by atoms with Crippen molar-refractivity contribution in [2.75, 3.05) is 19.0 Å². The molecule has 0 aliphatic heterocycles. The minimum atomic E-state index is -0.534. The summed E-state index contributed by atoms with van der Waals surface area (Å²) in [5, 5.41) is 13.5. The van der Waals surface area contributed by atoms with Crippen LogP contribution in [-0.2, 0) is 4.79 Å². The molecule has 2 aromatic rings. The number of para-hydroxylation sites is 1. The molecule has 1 amide bonds. The number of hydrogen-bond donors (Lipinski definition) is 1. The first-order chi connectivity index (χ1) is 12.5. The zero-order valence-electron chi connectivity index (χ0n) is 15.0. The third kappa shape index (κ3) is 4.72. The maximum absolute atomic E-state index is 12.2. The topological polar surface area (TPSA) is 90.7 Å². The van der Waals surface area contributed by atoms with Gasteiger partial charge in [0, 0.05) is 12.1 Å². The Morgan fingerprint density at radius 3 is 2.62 bits per heavy atom. The molecule has 0 radical (unpaired) electrons. The highest BCUT2D eigenvalue weighted by atomic mass is 16.6. The van der Waals surface area contributed by atoms with E-state index in [-0.39, 0.29) is 18.0 Å². The van der Waals surface area contributed by atoms with E-state index >= 15 is 0 Å². The summed E-state index contributed by atoms with van der Waals surface area (Å²) in [7, 11) is 1.43. The van der Waals surface area contributed by atoms with Gasteiger partial charge in [-0.05, 0) is 30.0 Å². The summed E-state index contributed by atoms with van der Waals surface area (Å²) < 4.78 is 10.8. The molecule has 0 aliphatic carbocycles. The summed E-state index contributed by atoms with van der Waals surface area (Å²) in [4.78, 5) is 22.6. The SMILES string of the molecule is CC[C@@H](C)c1ccccc1OCC(=O)Nc1cc([N+](=O)[O-])ccc1OC. The molecule has 1 atom stereocenters. The largest absolute Gasteiger partial charge is 0.495 e. The van der Waals surface area contributed by atoms with Crippen LogP contribution in [0, 0.1) is 10.1 Å². The first kappa shape index (κ1) is 19.2. The number of methoxy groups -OCH3 is 1. The number of rotatable bonds is 8. The van der Waals surface area contributed by atoms with Crippen LogP contribution in [0.1, 0.15) is 31.7 Å². The van der Waals surface area contributed by atoms with Gasteiger partial charge >= 0.3 is 0 Å². The fraction of sp³-hybridized carbons (Fsp3) is 0.316. The van der Waals surface area contributed by atoms with Gasteiger partial charge < -0.3 is 14.8 Å². The van der Waals surface area contributed by atoms with Crippen LogP contribution < -0.4 is 14.8 Å². The van der Waals surface area contributed by atoms with Crippen LogP contribution in [0.3, 0.4) is 0 Å². The minimum Gasteiger partial charge on any atom is -0.495 e. The zero-order valence-corrected chi connectivity index (χ0v) is 15.0. The highest BCUT2D eigenvalue weighted by Crippen LogP contribution is 2.30.